The summed E-state index contributed by atoms with van der Waals surface area (Å²) in [6, 6.07) is 11.5. The standard InChI is InChI=1S/C14H13ClINO/c1-9-5-6-11(7-13(9)16)17-8-10-3-2-4-12(15)14(10)18/h2-7,17-18H,8H2,1H3. The van der Waals surface area contributed by atoms with Gasteiger partial charge in [0.05, 0.1) is 5.02 Å². The molecule has 0 aliphatic heterocycles. The number of aryl methyl sites for hydroxylation is 1. The van der Waals surface area contributed by atoms with Crippen molar-refractivity contribution in [3.63, 3.8) is 0 Å². The Hall–Kier alpha value is -0.940. The molecule has 2 rings (SSSR count). The molecule has 0 fully saturated rings. The van der Waals surface area contributed by atoms with E-state index in [1.807, 2.05) is 18.2 Å². The van der Waals surface area contributed by atoms with E-state index in [9.17, 15) is 5.11 Å². The van der Waals surface area contributed by atoms with Crippen molar-refractivity contribution in [3.05, 3.63) is 56.1 Å². The summed E-state index contributed by atoms with van der Waals surface area (Å²) in [6.45, 7) is 2.62. The van der Waals surface area contributed by atoms with Crippen molar-refractivity contribution in [1.82, 2.24) is 0 Å². The monoisotopic (exact) mass is 373 g/mol. The lowest BCUT2D eigenvalue weighted by atomic mass is 10.2. The van der Waals surface area contributed by atoms with Gasteiger partial charge in [0, 0.05) is 21.4 Å². The molecule has 0 saturated carbocycles. The molecule has 94 valence electrons. The van der Waals surface area contributed by atoms with Crippen molar-refractivity contribution in [3.8, 4) is 5.75 Å². The van der Waals surface area contributed by atoms with Crippen molar-refractivity contribution in [1.29, 1.82) is 0 Å². The van der Waals surface area contributed by atoms with Gasteiger partial charge in [-0.05, 0) is 53.3 Å². The van der Waals surface area contributed by atoms with E-state index in [-0.39, 0.29) is 5.75 Å². The number of hydrogen-bond acceptors (Lipinski definition) is 2. The summed E-state index contributed by atoms with van der Waals surface area (Å²) in [7, 11) is 0. The van der Waals surface area contributed by atoms with Gasteiger partial charge >= 0.3 is 0 Å². The van der Waals surface area contributed by atoms with Crippen LogP contribution in [-0.2, 0) is 6.54 Å². The van der Waals surface area contributed by atoms with Crippen LogP contribution in [0.5, 0.6) is 5.75 Å². The Kier molecular flexibility index (Phi) is 4.35. The number of nitrogens with one attached hydrogen (secondary N) is 1. The van der Waals surface area contributed by atoms with Gasteiger partial charge in [-0.3, -0.25) is 0 Å². The van der Waals surface area contributed by atoms with E-state index >= 15 is 0 Å². The normalized spacial score (nSPS) is 10.4. The van der Waals surface area contributed by atoms with Gasteiger partial charge in [-0.15, -0.1) is 0 Å². The zero-order chi connectivity index (χ0) is 13.1. The average Bonchev–Trinajstić information content (AvgIpc) is 2.35. The van der Waals surface area contributed by atoms with Crippen LogP contribution in [0.4, 0.5) is 5.69 Å². The summed E-state index contributed by atoms with van der Waals surface area (Å²) in [4.78, 5) is 0. The molecule has 0 amide bonds. The third-order valence-corrected chi connectivity index (χ3v) is 4.19. The van der Waals surface area contributed by atoms with Crippen LogP contribution in [0.15, 0.2) is 36.4 Å². The summed E-state index contributed by atoms with van der Waals surface area (Å²) >= 11 is 8.17. The predicted molar refractivity (Wildman–Crippen MR) is 84.3 cm³/mol. The van der Waals surface area contributed by atoms with E-state index in [1.165, 1.54) is 9.13 Å². The van der Waals surface area contributed by atoms with E-state index in [4.69, 9.17) is 11.6 Å². The average molecular weight is 374 g/mol. The van der Waals surface area contributed by atoms with Crippen molar-refractivity contribution >= 4 is 39.9 Å². The van der Waals surface area contributed by atoms with Crippen LogP contribution in [0.3, 0.4) is 0 Å². The Morgan fingerprint density at radius 2 is 2.06 bits per heavy atom. The van der Waals surface area contributed by atoms with Gasteiger partial charge in [0.2, 0.25) is 0 Å². The van der Waals surface area contributed by atoms with Gasteiger partial charge in [0.25, 0.3) is 0 Å². The van der Waals surface area contributed by atoms with Crippen molar-refractivity contribution in [2.45, 2.75) is 13.5 Å². The van der Waals surface area contributed by atoms with Crippen molar-refractivity contribution < 1.29 is 5.11 Å². The van der Waals surface area contributed by atoms with E-state index < -0.39 is 0 Å². The van der Waals surface area contributed by atoms with Crippen LogP contribution in [0.1, 0.15) is 11.1 Å². The molecule has 0 heterocycles. The molecule has 0 aliphatic carbocycles. The van der Waals surface area contributed by atoms with Crippen LogP contribution in [0.25, 0.3) is 0 Å². The van der Waals surface area contributed by atoms with E-state index in [1.54, 1.807) is 6.07 Å². The fraction of sp³-hybridized carbons (Fsp3) is 0.143. The van der Waals surface area contributed by atoms with Gasteiger partial charge < -0.3 is 10.4 Å². The minimum atomic E-state index is 0.147. The molecule has 2 nitrogen and oxygen atoms in total. The molecule has 18 heavy (non-hydrogen) atoms. The minimum Gasteiger partial charge on any atom is -0.506 e. The number of aromatic hydroxyl groups is 1. The first-order valence-corrected chi connectivity index (χ1v) is 7.00. The Morgan fingerprint density at radius 3 is 2.78 bits per heavy atom. The predicted octanol–water partition coefficient (Wildman–Crippen LogP) is 4.57. The first-order valence-electron chi connectivity index (χ1n) is 5.54. The number of benzene rings is 2. The first kappa shape index (κ1) is 13.5. The maximum Gasteiger partial charge on any atom is 0.139 e. The second kappa shape index (κ2) is 5.80. The van der Waals surface area contributed by atoms with Crippen LogP contribution in [0.2, 0.25) is 5.02 Å². The Balaban J connectivity index is 2.11. The first-order chi connectivity index (χ1) is 8.58. The second-order valence-corrected chi connectivity index (χ2v) is 5.63. The number of phenols is 1. The van der Waals surface area contributed by atoms with Gasteiger partial charge in [-0.25, -0.2) is 0 Å². The minimum absolute atomic E-state index is 0.147. The summed E-state index contributed by atoms with van der Waals surface area (Å²) in [6.07, 6.45) is 0. The molecule has 0 aromatic heterocycles. The molecule has 0 atom stereocenters. The van der Waals surface area contributed by atoms with Crippen LogP contribution in [-0.4, -0.2) is 5.11 Å². The summed E-state index contributed by atoms with van der Waals surface area (Å²) < 4.78 is 1.22. The van der Waals surface area contributed by atoms with Crippen molar-refractivity contribution in [2.24, 2.45) is 0 Å². The highest BCUT2D eigenvalue weighted by atomic mass is 127. The van der Waals surface area contributed by atoms with E-state index in [2.05, 4.69) is 47.0 Å². The van der Waals surface area contributed by atoms with Crippen LogP contribution < -0.4 is 5.32 Å². The highest BCUT2D eigenvalue weighted by molar-refractivity contribution is 14.1. The topological polar surface area (TPSA) is 32.3 Å². The molecule has 0 radical (unpaired) electrons. The maximum absolute atomic E-state index is 9.80. The maximum atomic E-state index is 9.80. The smallest absolute Gasteiger partial charge is 0.139 e. The lowest BCUT2D eigenvalue weighted by Gasteiger charge is -2.10. The fourth-order valence-corrected chi connectivity index (χ4v) is 2.31. The van der Waals surface area contributed by atoms with Crippen LogP contribution in [0, 0.1) is 10.5 Å². The summed E-state index contributed by atoms with van der Waals surface area (Å²) in [5.41, 5.74) is 3.08. The molecule has 0 bridgehead atoms. The highest BCUT2D eigenvalue weighted by Gasteiger charge is 2.05. The van der Waals surface area contributed by atoms with Crippen LogP contribution >= 0.6 is 34.2 Å². The number of para-hydroxylation sites is 1. The molecule has 0 spiro atoms. The molecule has 2 aromatic carbocycles. The molecule has 0 aliphatic rings. The summed E-state index contributed by atoms with van der Waals surface area (Å²) in [5, 5.41) is 13.5. The lowest BCUT2D eigenvalue weighted by molar-refractivity contribution is 0.469. The molecule has 0 unspecified atom stereocenters. The molecule has 2 aromatic rings. The molecular formula is C14H13ClINO. The zero-order valence-electron chi connectivity index (χ0n) is 9.87. The Labute approximate surface area is 125 Å². The number of rotatable bonds is 3. The van der Waals surface area contributed by atoms with Gasteiger partial charge in [0.15, 0.2) is 0 Å². The van der Waals surface area contributed by atoms with E-state index in [0.717, 1.165) is 11.3 Å². The number of hydrogen-bond donors (Lipinski definition) is 2. The van der Waals surface area contributed by atoms with Gasteiger partial charge in [-0.2, -0.15) is 0 Å². The van der Waals surface area contributed by atoms with Gasteiger partial charge in [-0.1, -0.05) is 29.8 Å². The SMILES string of the molecule is Cc1ccc(NCc2cccc(Cl)c2O)cc1I. The second-order valence-electron chi connectivity index (χ2n) is 4.07. The third-order valence-electron chi connectivity index (χ3n) is 2.73. The lowest BCUT2D eigenvalue weighted by Crippen LogP contribution is -2.00. The molecular weight excluding hydrogens is 361 g/mol. The zero-order valence-corrected chi connectivity index (χ0v) is 12.8. The Bertz CT molecular complexity index is 572. The van der Waals surface area contributed by atoms with E-state index in [0.29, 0.717) is 11.6 Å². The number of phenolic OH excluding ortho intramolecular Hbond substituents is 1. The third kappa shape index (κ3) is 3.09. The molecule has 4 heteroatoms. The summed E-state index contributed by atoms with van der Waals surface area (Å²) in [5.74, 6) is 0.147. The van der Waals surface area contributed by atoms with Crippen molar-refractivity contribution in [2.75, 3.05) is 5.32 Å². The molecule has 2 N–H and O–H groups in total. The van der Waals surface area contributed by atoms with Gasteiger partial charge in [0.1, 0.15) is 5.75 Å². The number of halogens is 2. The quantitative estimate of drug-likeness (QED) is 0.773. The largest absolute Gasteiger partial charge is 0.506 e. The highest BCUT2D eigenvalue weighted by Crippen LogP contribution is 2.27. The fourth-order valence-electron chi connectivity index (χ4n) is 1.60. The Morgan fingerprint density at radius 1 is 1.28 bits per heavy atom. The molecule has 0 saturated heterocycles. The number of anilines is 1.